The fourth-order valence-corrected chi connectivity index (χ4v) is 4.48. The van der Waals surface area contributed by atoms with Gasteiger partial charge < -0.3 is 0 Å². The minimum Gasteiger partial charge on any atom is -0.147 e. The standard InChI is InChI=1S/C23H21.2ClH.Ti/c1-2-3-8-17-13-20-11-6-7-12-22(20)23(14-17)21-15-18-9-4-5-10-19(18)16-21;;;/h4-7,9-16H,2-3,8H2,1H3;2*1H;. The topological polar surface area (TPSA) is 0 Å². The van der Waals surface area contributed by atoms with Gasteiger partial charge in [-0.25, -0.2) is 0 Å². The Morgan fingerprint density at radius 2 is 1.65 bits per heavy atom. The van der Waals surface area contributed by atoms with E-state index in [1.807, 2.05) is 0 Å². The Balaban J connectivity index is 0.00000121. The third-order valence-electron chi connectivity index (χ3n) is 4.98. The summed E-state index contributed by atoms with van der Waals surface area (Å²) < 4.78 is 0.464. The number of allylic oxidation sites excluding steroid dienone is 1. The molecule has 133 valence electrons. The number of unbranched alkanes of at least 4 members (excludes halogenated alkanes) is 1. The smallest absolute Gasteiger partial charge is 0.147 e. The van der Waals surface area contributed by atoms with E-state index in [1.54, 1.807) is 0 Å². The molecule has 0 bridgehead atoms. The van der Waals surface area contributed by atoms with Crippen molar-refractivity contribution in [2.75, 3.05) is 0 Å². The van der Waals surface area contributed by atoms with Gasteiger partial charge in [0.2, 0.25) is 0 Å². The van der Waals surface area contributed by atoms with Crippen molar-refractivity contribution in [3.8, 4) is 0 Å². The molecule has 0 heterocycles. The van der Waals surface area contributed by atoms with E-state index in [2.05, 4.69) is 94.1 Å². The maximum absolute atomic E-state index is 2.44. The van der Waals surface area contributed by atoms with Gasteiger partial charge in [-0.1, -0.05) is 0 Å². The fraction of sp³-hybridized carbons (Fsp3) is 0.217. The van der Waals surface area contributed by atoms with Gasteiger partial charge in [0, 0.05) is 0 Å². The van der Waals surface area contributed by atoms with Gasteiger partial charge in [-0.05, 0) is 0 Å². The first kappa shape index (κ1) is 21.3. The molecule has 26 heavy (non-hydrogen) atoms. The van der Waals surface area contributed by atoms with Crippen LogP contribution in [0.4, 0.5) is 0 Å². The number of benzene rings is 3. The SMILES string of the molecule is CCCCc1cc(C2=Cc3ccccc3[CH]2[Ti])c2ccccc2c1.Cl.Cl. The molecule has 1 unspecified atom stereocenters. The largest absolute Gasteiger partial charge is 0.147 e. The van der Waals surface area contributed by atoms with Gasteiger partial charge in [0.25, 0.3) is 0 Å². The Labute approximate surface area is 180 Å². The number of aryl methyl sites for hydroxylation is 1. The zero-order valence-corrected chi connectivity index (χ0v) is 18.1. The summed E-state index contributed by atoms with van der Waals surface area (Å²) in [6.07, 6.45) is 6.06. The minimum atomic E-state index is 0. The molecule has 0 N–H and O–H groups in total. The summed E-state index contributed by atoms with van der Waals surface area (Å²) in [6.45, 7) is 2.26. The van der Waals surface area contributed by atoms with Gasteiger partial charge in [-0.3, -0.25) is 0 Å². The predicted octanol–water partition coefficient (Wildman–Crippen LogP) is 7.17. The van der Waals surface area contributed by atoms with Gasteiger partial charge in [-0.2, -0.15) is 0 Å². The van der Waals surface area contributed by atoms with Crippen molar-refractivity contribution >= 4 is 47.2 Å². The van der Waals surface area contributed by atoms with Crippen LogP contribution < -0.4 is 0 Å². The number of halogens is 2. The average Bonchev–Trinajstić information content (AvgIpc) is 2.96. The first-order valence-electron chi connectivity index (χ1n) is 8.81. The van der Waals surface area contributed by atoms with E-state index in [-0.39, 0.29) is 24.8 Å². The normalized spacial score (nSPS) is 14.9. The van der Waals surface area contributed by atoms with Crippen LogP contribution in [0.1, 0.15) is 46.2 Å². The molecule has 3 aromatic carbocycles. The van der Waals surface area contributed by atoms with Crippen LogP contribution in [0.3, 0.4) is 0 Å². The van der Waals surface area contributed by atoms with E-state index >= 15 is 0 Å². The molecule has 1 aliphatic rings. The van der Waals surface area contributed by atoms with Crippen LogP contribution in [0.5, 0.6) is 0 Å². The fourth-order valence-electron chi connectivity index (χ4n) is 3.69. The second kappa shape index (κ2) is 9.24. The summed E-state index contributed by atoms with van der Waals surface area (Å²) in [6, 6.07) is 22.4. The van der Waals surface area contributed by atoms with E-state index in [9.17, 15) is 0 Å². The Hall–Kier alpha value is -1.05. The van der Waals surface area contributed by atoms with E-state index < -0.39 is 0 Å². The minimum absolute atomic E-state index is 0. The van der Waals surface area contributed by atoms with E-state index in [0.717, 1.165) is 0 Å². The van der Waals surface area contributed by atoms with Crippen LogP contribution in [0.25, 0.3) is 22.4 Å². The Morgan fingerprint density at radius 1 is 0.923 bits per heavy atom. The summed E-state index contributed by atoms with van der Waals surface area (Å²) in [5, 5.41) is 2.74. The third kappa shape index (κ3) is 3.95. The molecule has 0 aliphatic heterocycles. The Kier molecular flexibility index (Phi) is 7.56. The number of rotatable bonds is 4. The zero-order chi connectivity index (χ0) is 16.5. The molecule has 3 heteroatoms. The van der Waals surface area contributed by atoms with E-state index in [4.69, 9.17) is 0 Å². The van der Waals surface area contributed by atoms with Gasteiger partial charge in [0.15, 0.2) is 0 Å². The second-order valence-electron chi connectivity index (χ2n) is 6.63. The molecule has 3 aromatic rings. The van der Waals surface area contributed by atoms with Crippen LogP contribution in [0.15, 0.2) is 60.7 Å². The average molecular weight is 418 g/mol. The van der Waals surface area contributed by atoms with Crippen LogP contribution >= 0.6 is 24.8 Å². The molecule has 1 aliphatic carbocycles. The molecule has 4 rings (SSSR count). The molecular weight excluding hydrogens is 395 g/mol. The number of fused-ring (bicyclic) bond motifs is 2. The van der Waals surface area contributed by atoms with Crippen LogP contribution in [-0.4, -0.2) is 0 Å². The Morgan fingerprint density at radius 3 is 2.42 bits per heavy atom. The molecule has 0 amide bonds. The van der Waals surface area contributed by atoms with Crippen molar-refractivity contribution in [1.82, 2.24) is 0 Å². The van der Waals surface area contributed by atoms with Crippen LogP contribution in [0.2, 0.25) is 0 Å². The summed E-state index contributed by atoms with van der Waals surface area (Å²) in [5.74, 6) is 0. The first-order chi connectivity index (χ1) is 11.8. The van der Waals surface area contributed by atoms with Crippen LogP contribution in [0, 0.1) is 0 Å². The van der Waals surface area contributed by atoms with Crippen molar-refractivity contribution in [3.63, 3.8) is 0 Å². The molecule has 0 aromatic heterocycles. The van der Waals surface area contributed by atoms with Crippen molar-refractivity contribution in [3.05, 3.63) is 82.9 Å². The van der Waals surface area contributed by atoms with Gasteiger partial charge in [-0.15, -0.1) is 24.8 Å². The maximum atomic E-state index is 2.44. The van der Waals surface area contributed by atoms with E-state index in [0.29, 0.717) is 4.22 Å². The van der Waals surface area contributed by atoms with Crippen molar-refractivity contribution in [2.45, 2.75) is 30.4 Å². The molecule has 0 nitrogen and oxygen atoms in total. The molecule has 0 fully saturated rings. The third-order valence-corrected chi connectivity index (χ3v) is 5.95. The zero-order valence-electron chi connectivity index (χ0n) is 14.9. The quantitative estimate of drug-likeness (QED) is 0.394. The monoisotopic (exact) mass is 417 g/mol. The van der Waals surface area contributed by atoms with Gasteiger partial charge in [0.1, 0.15) is 0 Å². The van der Waals surface area contributed by atoms with Crippen LogP contribution in [-0.2, 0) is 26.9 Å². The maximum Gasteiger partial charge on any atom is -0.147 e. The van der Waals surface area contributed by atoms with Crippen molar-refractivity contribution < 1.29 is 20.4 Å². The Bertz CT molecular complexity index is 930. The summed E-state index contributed by atoms with van der Waals surface area (Å²) in [4.78, 5) is 0. The summed E-state index contributed by atoms with van der Waals surface area (Å²) >= 11 is 2.34. The van der Waals surface area contributed by atoms with Gasteiger partial charge >= 0.3 is 156 Å². The van der Waals surface area contributed by atoms with E-state index in [1.165, 1.54) is 57.9 Å². The second-order valence-corrected chi connectivity index (χ2v) is 7.53. The molecule has 0 saturated heterocycles. The van der Waals surface area contributed by atoms with Crippen molar-refractivity contribution in [1.29, 1.82) is 0 Å². The summed E-state index contributed by atoms with van der Waals surface area (Å²) in [7, 11) is 0. The molecule has 1 atom stereocenters. The first-order valence-corrected chi connectivity index (χ1v) is 9.71. The number of hydrogen-bond donors (Lipinski definition) is 0. The number of hydrogen-bond acceptors (Lipinski definition) is 0. The molecule has 0 radical (unpaired) electrons. The predicted molar refractivity (Wildman–Crippen MR) is 114 cm³/mol. The molecule has 0 saturated carbocycles. The molecule has 0 spiro atoms. The molecular formula is C23H23Cl2Ti. The van der Waals surface area contributed by atoms with Crippen molar-refractivity contribution in [2.24, 2.45) is 0 Å². The van der Waals surface area contributed by atoms with Gasteiger partial charge in [0.05, 0.1) is 0 Å². The summed E-state index contributed by atoms with van der Waals surface area (Å²) in [5.41, 5.74) is 7.18.